The van der Waals surface area contributed by atoms with Crippen LogP contribution < -0.4 is 10.6 Å². The van der Waals surface area contributed by atoms with Gasteiger partial charge in [-0.3, -0.25) is 4.79 Å². The summed E-state index contributed by atoms with van der Waals surface area (Å²) < 4.78 is 0. The van der Waals surface area contributed by atoms with Gasteiger partial charge in [0.05, 0.1) is 0 Å². The van der Waals surface area contributed by atoms with Crippen LogP contribution in [0.25, 0.3) is 0 Å². The Morgan fingerprint density at radius 3 is 2.85 bits per heavy atom. The van der Waals surface area contributed by atoms with Crippen LogP contribution in [-0.4, -0.2) is 12.5 Å². The average molecular weight is 272 g/mol. The van der Waals surface area contributed by atoms with Gasteiger partial charge in [0.15, 0.2) is 0 Å². The number of nitrogens with two attached hydrogens (primary N) is 1. The van der Waals surface area contributed by atoms with Gasteiger partial charge in [0, 0.05) is 24.3 Å². The van der Waals surface area contributed by atoms with Gasteiger partial charge in [0.1, 0.15) is 0 Å². The zero-order valence-corrected chi connectivity index (χ0v) is 12.1. The molecule has 20 heavy (non-hydrogen) atoms. The van der Waals surface area contributed by atoms with E-state index in [1.54, 1.807) is 0 Å². The number of amides is 1. The van der Waals surface area contributed by atoms with Gasteiger partial charge in [-0.1, -0.05) is 31.7 Å². The number of anilines is 2. The predicted octanol–water partition coefficient (Wildman–Crippen LogP) is 3.52. The molecule has 1 aromatic carbocycles. The van der Waals surface area contributed by atoms with Gasteiger partial charge in [0.25, 0.3) is 0 Å². The van der Waals surface area contributed by atoms with Crippen LogP contribution in [0, 0.1) is 5.92 Å². The van der Waals surface area contributed by atoms with E-state index >= 15 is 0 Å². The molecule has 1 amide bonds. The molecule has 1 aliphatic carbocycles. The first kappa shape index (κ1) is 13.5. The zero-order chi connectivity index (χ0) is 13.9. The Kier molecular flexibility index (Phi) is 3.95. The van der Waals surface area contributed by atoms with Gasteiger partial charge in [0.2, 0.25) is 5.91 Å². The molecule has 3 rings (SSSR count). The summed E-state index contributed by atoms with van der Waals surface area (Å²) >= 11 is 0. The number of aryl methyl sites for hydroxylation is 1. The molecule has 0 atom stereocenters. The van der Waals surface area contributed by atoms with Gasteiger partial charge in [-0.15, -0.1) is 0 Å². The van der Waals surface area contributed by atoms with Gasteiger partial charge in [-0.05, 0) is 42.9 Å². The number of fused-ring (bicyclic) bond motifs is 1. The summed E-state index contributed by atoms with van der Waals surface area (Å²) in [6, 6.07) is 5.97. The summed E-state index contributed by atoms with van der Waals surface area (Å²) in [6.45, 7) is 0.847. The molecule has 0 spiro atoms. The van der Waals surface area contributed by atoms with Crippen molar-refractivity contribution in [2.75, 3.05) is 17.2 Å². The van der Waals surface area contributed by atoms with Crippen LogP contribution in [0.1, 0.15) is 50.5 Å². The lowest BCUT2D eigenvalue weighted by Crippen LogP contribution is -2.35. The highest BCUT2D eigenvalue weighted by Gasteiger charge is 2.24. The highest BCUT2D eigenvalue weighted by molar-refractivity contribution is 5.95. The molecule has 0 radical (unpaired) electrons. The van der Waals surface area contributed by atoms with Crippen LogP contribution in [0.5, 0.6) is 0 Å². The number of nitrogen functional groups attached to an aromatic ring is 1. The first-order valence-electron chi connectivity index (χ1n) is 7.93. The molecule has 3 nitrogen and oxygen atoms in total. The fourth-order valence-corrected chi connectivity index (χ4v) is 3.61. The maximum Gasteiger partial charge on any atom is 0.226 e. The Morgan fingerprint density at radius 2 is 2.05 bits per heavy atom. The minimum atomic E-state index is 0.281. The molecule has 1 aliphatic heterocycles. The summed E-state index contributed by atoms with van der Waals surface area (Å²) in [5.74, 6) is 1.06. The van der Waals surface area contributed by atoms with Crippen molar-refractivity contribution in [2.24, 2.45) is 5.92 Å². The molecule has 0 bridgehead atoms. The fourth-order valence-electron chi connectivity index (χ4n) is 3.61. The van der Waals surface area contributed by atoms with E-state index in [0.29, 0.717) is 6.42 Å². The molecule has 1 aromatic rings. The summed E-state index contributed by atoms with van der Waals surface area (Å²) in [7, 11) is 0. The van der Waals surface area contributed by atoms with Crippen LogP contribution in [0.15, 0.2) is 18.2 Å². The Bertz CT molecular complexity index is 492. The maximum absolute atomic E-state index is 12.5. The smallest absolute Gasteiger partial charge is 0.226 e. The lowest BCUT2D eigenvalue weighted by atomic mass is 9.98. The molecule has 1 saturated carbocycles. The molecule has 1 heterocycles. The van der Waals surface area contributed by atoms with Gasteiger partial charge < -0.3 is 10.6 Å². The van der Waals surface area contributed by atoms with Gasteiger partial charge in [-0.25, -0.2) is 0 Å². The first-order valence-corrected chi connectivity index (χ1v) is 7.93. The van der Waals surface area contributed by atoms with Crippen molar-refractivity contribution in [3.8, 4) is 0 Å². The SMILES string of the molecule is Nc1ccc2c(c1)N(C(=O)CCC1CCCC1)CCC2. The minimum absolute atomic E-state index is 0.281. The second-order valence-electron chi connectivity index (χ2n) is 6.23. The van der Waals surface area contributed by atoms with Crippen LogP contribution >= 0.6 is 0 Å². The molecule has 0 saturated heterocycles. The maximum atomic E-state index is 12.5. The number of carbonyl (C=O) groups excluding carboxylic acids is 1. The minimum Gasteiger partial charge on any atom is -0.399 e. The third-order valence-electron chi connectivity index (χ3n) is 4.77. The van der Waals surface area contributed by atoms with E-state index in [-0.39, 0.29) is 5.91 Å². The van der Waals surface area contributed by atoms with Crippen molar-refractivity contribution < 1.29 is 4.79 Å². The van der Waals surface area contributed by atoms with E-state index in [4.69, 9.17) is 5.73 Å². The average Bonchev–Trinajstić information content (AvgIpc) is 2.97. The molecule has 3 heteroatoms. The first-order chi connectivity index (χ1) is 9.74. The molecular weight excluding hydrogens is 248 g/mol. The highest BCUT2D eigenvalue weighted by atomic mass is 16.2. The Morgan fingerprint density at radius 1 is 1.25 bits per heavy atom. The number of benzene rings is 1. The van der Waals surface area contributed by atoms with Crippen LogP contribution in [0.2, 0.25) is 0 Å². The molecular formula is C17H24N2O. The number of hydrogen-bond donors (Lipinski definition) is 1. The van der Waals surface area contributed by atoms with Crippen LogP contribution in [0.3, 0.4) is 0 Å². The van der Waals surface area contributed by atoms with Crippen molar-refractivity contribution in [2.45, 2.75) is 51.4 Å². The van der Waals surface area contributed by atoms with Gasteiger partial charge in [-0.2, -0.15) is 0 Å². The molecule has 1 fully saturated rings. The van der Waals surface area contributed by atoms with E-state index in [0.717, 1.165) is 43.1 Å². The summed E-state index contributed by atoms with van der Waals surface area (Å²) in [4.78, 5) is 14.5. The van der Waals surface area contributed by atoms with Crippen molar-refractivity contribution in [1.29, 1.82) is 0 Å². The largest absolute Gasteiger partial charge is 0.399 e. The van der Waals surface area contributed by atoms with E-state index in [1.807, 2.05) is 17.0 Å². The highest BCUT2D eigenvalue weighted by Crippen LogP contribution is 2.32. The summed E-state index contributed by atoms with van der Waals surface area (Å²) in [5, 5.41) is 0. The normalized spacial score (nSPS) is 19.1. The Labute approximate surface area is 121 Å². The number of rotatable bonds is 3. The summed E-state index contributed by atoms with van der Waals surface area (Å²) in [6.07, 6.45) is 9.21. The van der Waals surface area contributed by atoms with Crippen LogP contribution in [-0.2, 0) is 11.2 Å². The standard InChI is InChI=1S/C17H24N2O/c18-15-9-8-14-6-3-11-19(16(14)12-15)17(20)10-7-13-4-1-2-5-13/h8-9,12-13H,1-7,10-11,18H2. The lowest BCUT2D eigenvalue weighted by molar-refractivity contribution is -0.119. The monoisotopic (exact) mass is 272 g/mol. The second kappa shape index (κ2) is 5.86. The van der Waals surface area contributed by atoms with Crippen molar-refractivity contribution in [3.63, 3.8) is 0 Å². The summed E-state index contributed by atoms with van der Waals surface area (Å²) in [5.41, 5.74) is 8.94. The third kappa shape index (κ3) is 2.82. The van der Waals surface area contributed by atoms with Gasteiger partial charge >= 0.3 is 0 Å². The molecule has 0 aromatic heterocycles. The molecule has 0 unspecified atom stereocenters. The van der Waals surface area contributed by atoms with E-state index in [9.17, 15) is 4.79 Å². The van der Waals surface area contributed by atoms with E-state index in [1.165, 1.54) is 31.2 Å². The quantitative estimate of drug-likeness (QED) is 0.856. The fraction of sp³-hybridized carbons (Fsp3) is 0.588. The topological polar surface area (TPSA) is 46.3 Å². The zero-order valence-electron chi connectivity index (χ0n) is 12.1. The van der Waals surface area contributed by atoms with E-state index < -0.39 is 0 Å². The van der Waals surface area contributed by atoms with Crippen molar-refractivity contribution >= 4 is 17.3 Å². The molecule has 108 valence electrons. The van der Waals surface area contributed by atoms with Crippen molar-refractivity contribution in [3.05, 3.63) is 23.8 Å². The predicted molar refractivity (Wildman–Crippen MR) is 82.7 cm³/mol. The Balaban J connectivity index is 1.68. The third-order valence-corrected chi connectivity index (χ3v) is 4.77. The Hall–Kier alpha value is -1.51. The molecule has 2 N–H and O–H groups in total. The molecule has 2 aliphatic rings. The number of nitrogens with zero attached hydrogens (tertiary/aromatic N) is 1. The second-order valence-corrected chi connectivity index (χ2v) is 6.23. The van der Waals surface area contributed by atoms with Crippen molar-refractivity contribution in [1.82, 2.24) is 0 Å². The lowest BCUT2D eigenvalue weighted by Gasteiger charge is -2.30. The van der Waals surface area contributed by atoms with E-state index in [2.05, 4.69) is 6.07 Å². The van der Waals surface area contributed by atoms with Crippen LogP contribution in [0.4, 0.5) is 11.4 Å². The number of carbonyl (C=O) groups is 1. The number of hydrogen-bond acceptors (Lipinski definition) is 2.